The Labute approximate surface area is 153 Å². The lowest BCUT2D eigenvalue weighted by molar-refractivity contribution is -0.129. The first kappa shape index (κ1) is 20.5. The summed E-state index contributed by atoms with van der Waals surface area (Å²) in [4.78, 5) is 12.6. The van der Waals surface area contributed by atoms with Crippen LogP contribution in [0, 0.1) is 5.92 Å². The minimum Gasteiger partial charge on any atom is -0.356 e. The molecule has 1 aromatic carbocycles. The molecule has 0 saturated heterocycles. The standard InChI is InChI=1S/C20H27F2NO3/c1-25-18(26-2)10-6-9-17(15-7-4-3-5-8-15)23-19(24)16-11-13-20(21,22)14-12-16/h3-9,16-18H,10-14H2,1-2H3,(H,23,24)/b9-6+/t17-/m1/s1. The summed E-state index contributed by atoms with van der Waals surface area (Å²) >= 11 is 0. The highest BCUT2D eigenvalue weighted by molar-refractivity contribution is 5.79. The minimum absolute atomic E-state index is 0.172. The highest BCUT2D eigenvalue weighted by atomic mass is 19.3. The van der Waals surface area contributed by atoms with Gasteiger partial charge in [-0.1, -0.05) is 42.5 Å². The Morgan fingerprint density at radius 1 is 1.23 bits per heavy atom. The van der Waals surface area contributed by atoms with Crippen LogP contribution in [0.1, 0.15) is 43.7 Å². The maximum Gasteiger partial charge on any atom is 0.248 e. The molecule has 0 radical (unpaired) electrons. The topological polar surface area (TPSA) is 47.6 Å². The lowest BCUT2D eigenvalue weighted by Gasteiger charge is -2.28. The Morgan fingerprint density at radius 2 is 1.85 bits per heavy atom. The number of hydrogen-bond donors (Lipinski definition) is 1. The van der Waals surface area contributed by atoms with Crippen LogP contribution in [0.5, 0.6) is 0 Å². The molecule has 26 heavy (non-hydrogen) atoms. The van der Waals surface area contributed by atoms with E-state index in [1.54, 1.807) is 14.2 Å². The monoisotopic (exact) mass is 367 g/mol. The van der Waals surface area contributed by atoms with Gasteiger partial charge in [-0.2, -0.15) is 0 Å². The zero-order valence-corrected chi connectivity index (χ0v) is 15.3. The maximum atomic E-state index is 13.3. The fourth-order valence-electron chi connectivity index (χ4n) is 3.09. The molecule has 1 fully saturated rings. The molecule has 1 saturated carbocycles. The van der Waals surface area contributed by atoms with Crippen molar-refractivity contribution in [1.82, 2.24) is 5.32 Å². The number of rotatable bonds is 8. The van der Waals surface area contributed by atoms with Crippen molar-refractivity contribution in [3.63, 3.8) is 0 Å². The van der Waals surface area contributed by atoms with Crippen molar-refractivity contribution < 1.29 is 23.0 Å². The van der Waals surface area contributed by atoms with Gasteiger partial charge in [-0.05, 0) is 18.4 Å². The van der Waals surface area contributed by atoms with Crippen molar-refractivity contribution in [1.29, 1.82) is 0 Å². The largest absolute Gasteiger partial charge is 0.356 e. The maximum absolute atomic E-state index is 13.3. The molecule has 2 rings (SSSR count). The SMILES string of the molecule is COC(C/C=C/[C@@H](NC(=O)C1CCC(F)(F)CC1)c1ccccc1)OC. The van der Waals surface area contributed by atoms with Crippen molar-refractivity contribution in [2.24, 2.45) is 5.92 Å². The van der Waals surface area contributed by atoms with Crippen LogP contribution in [-0.4, -0.2) is 32.3 Å². The first-order valence-corrected chi connectivity index (χ1v) is 8.90. The normalized spacial score (nSPS) is 19.0. The molecule has 1 aliphatic carbocycles. The van der Waals surface area contributed by atoms with Gasteiger partial charge in [0.25, 0.3) is 0 Å². The summed E-state index contributed by atoms with van der Waals surface area (Å²) in [6.07, 6.45) is 3.97. The molecule has 0 spiro atoms. The van der Waals surface area contributed by atoms with Crippen LogP contribution in [0.15, 0.2) is 42.5 Å². The zero-order valence-electron chi connectivity index (χ0n) is 15.3. The fourth-order valence-corrected chi connectivity index (χ4v) is 3.09. The molecular weight excluding hydrogens is 340 g/mol. The van der Waals surface area contributed by atoms with Crippen molar-refractivity contribution in [3.8, 4) is 0 Å². The third kappa shape index (κ3) is 6.18. The van der Waals surface area contributed by atoms with E-state index < -0.39 is 5.92 Å². The van der Waals surface area contributed by atoms with Crippen LogP contribution in [0.4, 0.5) is 8.78 Å². The molecule has 1 aromatic rings. The van der Waals surface area contributed by atoms with Crippen LogP contribution < -0.4 is 5.32 Å². The second kappa shape index (κ2) is 9.78. The highest BCUT2D eigenvalue weighted by Crippen LogP contribution is 2.36. The van der Waals surface area contributed by atoms with E-state index in [9.17, 15) is 13.6 Å². The number of halogens is 2. The first-order chi connectivity index (χ1) is 12.4. The fraction of sp³-hybridized carbons (Fsp3) is 0.550. The van der Waals surface area contributed by atoms with Gasteiger partial charge in [0.15, 0.2) is 6.29 Å². The average Bonchev–Trinajstić information content (AvgIpc) is 2.65. The molecule has 0 unspecified atom stereocenters. The van der Waals surface area contributed by atoms with E-state index in [2.05, 4.69) is 5.32 Å². The van der Waals surface area contributed by atoms with Gasteiger partial charge in [0, 0.05) is 39.4 Å². The lowest BCUT2D eigenvalue weighted by Crippen LogP contribution is -2.37. The Bertz CT molecular complexity index is 578. The predicted molar refractivity (Wildman–Crippen MR) is 95.8 cm³/mol. The number of methoxy groups -OCH3 is 2. The summed E-state index contributed by atoms with van der Waals surface area (Å²) in [5, 5.41) is 2.99. The molecule has 4 nitrogen and oxygen atoms in total. The second-order valence-electron chi connectivity index (χ2n) is 6.59. The Hall–Kier alpha value is -1.79. The Kier molecular flexibility index (Phi) is 7.72. The first-order valence-electron chi connectivity index (χ1n) is 8.90. The molecule has 0 heterocycles. The summed E-state index contributed by atoms with van der Waals surface area (Å²) in [5.41, 5.74) is 0.935. The van der Waals surface area contributed by atoms with Crippen molar-refractivity contribution in [2.75, 3.05) is 14.2 Å². The second-order valence-corrected chi connectivity index (χ2v) is 6.59. The number of carbonyl (C=O) groups is 1. The Morgan fingerprint density at radius 3 is 2.42 bits per heavy atom. The van der Waals surface area contributed by atoms with Crippen molar-refractivity contribution >= 4 is 5.91 Å². The molecule has 1 amide bonds. The summed E-state index contributed by atoms with van der Waals surface area (Å²) in [7, 11) is 3.13. The molecule has 1 aliphatic rings. The predicted octanol–water partition coefficient (Wildman–Crippen LogP) is 4.23. The smallest absolute Gasteiger partial charge is 0.248 e. The van der Waals surface area contributed by atoms with Crippen LogP contribution >= 0.6 is 0 Å². The van der Waals surface area contributed by atoms with Gasteiger partial charge < -0.3 is 14.8 Å². The van der Waals surface area contributed by atoms with Gasteiger partial charge in [-0.3, -0.25) is 4.79 Å². The molecule has 1 atom stereocenters. The number of nitrogens with one attached hydrogen (secondary N) is 1. The van der Waals surface area contributed by atoms with Crippen LogP contribution in [0.25, 0.3) is 0 Å². The summed E-state index contributed by atoms with van der Waals surface area (Å²) in [6.45, 7) is 0. The van der Waals surface area contributed by atoms with E-state index >= 15 is 0 Å². The molecule has 1 N–H and O–H groups in total. The zero-order chi connectivity index (χ0) is 19.0. The van der Waals surface area contributed by atoms with E-state index in [0.717, 1.165) is 5.56 Å². The molecule has 0 bridgehead atoms. The van der Waals surface area contributed by atoms with Crippen molar-refractivity contribution in [3.05, 3.63) is 48.0 Å². The third-order valence-electron chi connectivity index (χ3n) is 4.73. The number of ether oxygens (including phenoxy) is 2. The lowest BCUT2D eigenvalue weighted by atomic mass is 9.86. The Balaban J connectivity index is 2.02. The number of benzene rings is 1. The van der Waals surface area contributed by atoms with Crippen LogP contribution in [0.3, 0.4) is 0 Å². The van der Waals surface area contributed by atoms with E-state index in [1.165, 1.54) is 0 Å². The molecule has 6 heteroatoms. The van der Waals surface area contributed by atoms with Gasteiger partial charge in [0.1, 0.15) is 0 Å². The van der Waals surface area contributed by atoms with Gasteiger partial charge in [-0.15, -0.1) is 0 Å². The number of alkyl halides is 2. The number of carbonyl (C=O) groups excluding carboxylic acids is 1. The molecular formula is C20H27F2NO3. The van der Waals surface area contributed by atoms with Gasteiger partial charge in [-0.25, -0.2) is 8.78 Å². The van der Waals surface area contributed by atoms with Gasteiger partial charge >= 0.3 is 0 Å². The quantitative estimate of drug-likeness (QED) is 0.552. The molecule has 144 valence electrons. The summed E-state index contributed by atoms with van der Waals surface area (Å²) < 4.78 is 36.9. The van der Waals surface area contributed by atoms with Gasteiger partial charge in [0.2, 0.25) is 11.8 Å². The van der Waals surface area contributed by atoms with Crippen LogP contribution in [0.2, 0.25) is 0 Å². The number of amides is 1. The van der Waals surface area contributed by atoms with Gasteiger partial charge in [0.05, 0.1) is 6.04 Å². The van der Waals surface area contributed by atoms with Crippen molar-refractivity contribution in [2.45, 2.75) is 50.4 Å². The average molecular weight is 367 g/mol. The highest BCUT2D eigenvalue weighted by Gasteiger charge is 2.37. The summed E-state index contributed by atoms with van der Waals surface area (Å²) in [6, 6.07) is 9.23. The van der Waals surface area contributed by atoms with E-state index in [0.29, 0.717) is 6.42 Å². The van der Waals surface area contributed by atoms with E-state index in [-0.39, 0.29) is 49.8 Å². The van der Waals surface area contributed by atoms with E-state index in [1.807, 2.05) is 42.5 Å². The number of hydrogen-bond acceptors (Lipinski definition) is 3. The molecule has 0 aromatic heterocycles. The molecule has 0 aliphatic heterocycles. The minimum atomic E-state index is -2.63. The van der Waals surface area contributed by atoms with Crippen LogP contribution in [-0.2, 0) is 14.3 Å². The third-order valence-corrected chi connectivity index (χ3v) is 4.73. The van der Waals surface area contributed by atoms with E-state index in [4.69, 9.17) is 9.47 Å². The summed E-state index contributed by atoms with van der Waals surface area (Å²) in [5.74, 6) is -3.17.